The first kappa shape index (κ1) is 12.7. The number of aromatic nitrogens is 1. The lowest BCUT2D eigenvalue weighted by Crippen LogP contribution is -2.24. The highest BCUT2D eigenvalue weighted by molar-refractivity contribution is 5.99. The van der Waals surface area contributed by atoms with Gasteiger partial charge in [0, 0.05) is 17.3 Å². The minimum Gasteiger partial charge on any atom is -0.381 e. The van der Waals surface area contributed by atoms with Gasteiger partial charge in [0.25, 0.3) is 0 Å². The van der Waals surface area contributed by atoms with Crippen molar-refractivity contribution < 1.29 is 4.84 Å². The maximum atomic E-state index is 5.69. The van der Waals surface area contributed by atoms with Gasteiger partial charge >= 0.3 is 0 Å². The van der Waals surface area contributed by atoms with Crippen LogP contribution in [0.2, 0.25) is 0 Å². The van der Waals surface area contributed by atoms with Crippen molar-refractivity contribution in [3.63, 3.8) is 0 Å². The fourth-order valence-corrected chi connectivity index (χ4v) is 2.65. The minimum absolute atomic E-state index is 0.820. The van der Waals surface area contributed by atoms with E-state index in [-0.39, 0.29) is 0 Å². The lowest BCUT2D eigenvalue weighted by Gasteiger charge is -2.24. The van der Waals surface area contributed by atoms with Crippen LogP contribution in [0.3, 0.4) is 0 Å². The van der Waals surface area contributed by atoms with Crippen molar-refractivity contribution in [1.82, 2.24) is 10.5 Å². The van der Waals surface area contributed by atoms with Crippen LogP contribution in [-0.2, 0) is 0 Å². The average molecular weight is 286 g/mol. The predicted octanol–water partition coefficient (Wildman–Crippen LogP) is 3.90. The molecule has 0 unspecified atom stereocenters. The molecule has 2 aromatic carbocycles. The second kappa shape index (κ2) is 5.37. The number of rotatable bonds is 2. The van der Waals surface area contributed by atoms with Crippen LogP contribution < -0.4 is 10.3 Å². The molecule has 3 nitrogen and oxygen atoms in total. The molecule has 0 spiro atoms. The summed E-state index contributed by atoms with van der Waals surface area (Å²) >= 11 is 0. The number of nitrogens with zero attached hydrogens (tertiary/aromatic N) is 1. The van der Waals surface area contributed by atoms with Crippen LogP contribution in [0.15, 0.2) is 79.0 Å². The van der Waals surface area contributed by atoms with Gasteiger partial charge in [-0.2, -0.15) is 0 Å². The molecule has 22 heavy (non-hydrogen) atoms. The fourth-order valence-electron chi connectivity index (χ4n) is 2.65. The van der Waals surface area contributed by atoms with Gasteiger partial charge in [-0.15, -0.1) is 0 Å². The first-order valence-corrected chi connectivity index (χ1v) is 7.17. The van der Waals surface area contributed by atoms with Crippen molar-refractivity contribution in [3.8, 4) is 5.75 Å². The third-order valence-corrected chi connectivity index (χ3v) is 3.65. The highest BCUT2D eigenvalue weighted by Gasteiger charge is 2.22. The summed E-state index contributed by atoms with van der Waals surface area (Å²) in [7, 11) is 0. The zero-order valence-corrected chi connectivity index (χ0v) is 11.9. The Hall–Kier alpha value is -3.07. The van der Waals surface area contributed by atoms with E-state index in [1.165, 1.54) is 0 Å². The molecule has 1 N–H and O–H groups in total. The average Bonchev–Trinajstić information content (AvgIpc) is 2.62. The molecule has 0 radical (unpaired) electrons. The Labute approximate surface area is 128 Å². The number of hydroxylamine groups is 1. The van der Waals surface area contributed by atoms with Crippen LogP contribution in [0.1, 0.15) is 16.8 Å². The van der Waals surface area contributed by atoms with Crippen molar-refractivity contribution >= 4 is 11.3 Å². The molecule has 106 valence electrons. The Kier molecular flexibility index (Phi) is 3.09. The Bertz CT molecular complexity index is 826. The number of fused-ring (bicyclic) bond motifs is 1. The highest BCUT2D eigenvalue weighted by atomic mass is 16.6. The van der Waals surface area contributed by atoms with Crippen molar-refractivity contribution in [3.05, 3.63) is 95.8 Å². The molecular weight excluding hydrogens is 272 g/mol. The Morgan fingerprint density at radius 1 is 0.773 bits per heavy atom. The van der Waals surface area contributed by atoms with Gasteiger partial charge in [-0.05, 0) is 23.8 Å². The minimum atomic E-state index is 0.820. The van der Waals surface area contributed by atoms with Crippen LogP contribution in [-0.4, -0.2) is 4.98 Å². The number of benzene rings is 2. The van der Waals surface area contributed by atoms with Gasteiger partial charge in [0.05, 0.1) is 5.69 Å². The second-order valence-electron chi connectivity index (χ2n) is 5.03. The Balaban J connectivity index is 2.00. The maximum absolute atomic E-state index is 5.69. The van der Waals surface area contributed by atoms with Crippen LogP contribution in [0, 0.1) is 0 Å². The summed E-state index contributed by atoms with van der Waals surface area (Å²) < 4.78 is 0. The SMILES string of the molecule is c1ccc(C2=C(c3ccccn3)NOc3ccccc32)cc1. The number of pyridine rings is 1. The molecule has 0 saturated carbocycles. The third kappa shape index (κ3) is 2.13. The normalized spacial score (nSPS) is 13.1. The lowest BCUT2D eigenvalue weighted by atomic mass is 9.93. The largest absolute Gasteiger partial charge is 0.381 e. The smallest absolute Gasteiger partial charge is 0.162 e. The van der Waals surface area contributed by atoms with Crippen LogP contribution >= 0.6 is 0 Å². The highest BCUT2D eigenvalue weighted by Crippen LogP contribution is 2.38. The van der Waals surface area contributed by atoms with Gasteiger partial charge in [-0.3, -0.25) is 4.98 Å². The third-order valence-electron chi connectivity index (χ3n) is 3.65. The van der Waals surface area contributed by atoms with Crippen LogP contribution in [0.25, 0.3) is 11.3 Å². The van der Waals surface area contributed by atoms with Crippen LogP contribution in [0.4, 0.5) is 0 Å². The molecule has 1 aromatic heterocycles. The summed E-state index contributed by atoms with van der Waals surface area (Å²) in [5.41, 5.74) is 8.09. The monoisotopic (exact) mass is 286 g/mol. The molecule has 0 saturated heterocycles. The standard InChI is InChI=1S/C19H14N2O/c1-2-8-14(9-3-1)18-15-10-4-5-12-17(15)22-21-19(18)16-11-6-7-13-20-16/h1-13,21H. The molecule has 3 heteroatoms. The molecular formula is C19H14N2O. The first-order valence-electron chi connectivity index (χ1n) is 7.17. The van der Waals surface area contributed by atoms with Gasteiger partial charge in [0.15, 0.2) is 5.75 Å². The van der Waals surface area contributed by atoms with Crippen LogP contribution in [0.5, 0.6) is 5.75 Å². The van der Waals surface area contributed by atoms with Crippen molar-refractivity contribution in [2.45, 2.75) is 0 Å². The van der Waals surface area contributed by atoms with E-state index in [2.05, 4.69) is 28.7 Å². The summed E-state index contributed by atoms with van der Waals surface area (Å²) in [4.78, 5) is 10.1. The lowest BCUT2D eigenvalue weighted by molar-refractivity contribution is 0.248. The molecule has 2 heterocycles. The van der Waals surface area contributed by atoms with E-state index in [1.54, 1.807) is 6.20 Å². The molecule has 1 aliphatic rings. The van der Waals surface area contributed by atoms with E-state index in [0.717, 1.165) is 33.8 Å². The molecule has 4 rings (SSSR count). The maximum Gasteiger partial charge on any atom is 0.162 e. The Morgan fingerprint density at radius 2 is 1.55 bits per heavy atom. The summed E-state index contributed by atoms with van der Waals surface area (Å²) in [5.74, 6) is 0.820. The molecule has 0 atom stereocenters. The van der Waals surface area contributed by atoms with Gasteiger partial charge in [-0.1, -0.05) is 54.6 Å². The topological polar surface area (TPSA) is 34.2 Å². The van der Waals surface area contributed by atoms with E-state index in [0.29, 0.717) is 0 Å². The van der Waals surface area contributed by atoms with Crippen molar-refractivity contribution in [2.24, 2.45) is 0 Å². The zero-order valence-electron chi connectivity index (χ0n) is 11.9. The number of hydrogen-bond acceptors (Lipinski definition) is 3. The van der Waals surface area contributed by atoms with Gasteiger partial charge < -0.3 is 4.84 Å². The number of para-hydroxylation sites is 1. The molecule has 0 bridgehead atoms. The van der Waals surface area contributed by atoms with E-state index < -0.39 is 0 Å². The number of hydrogen-bond donors (Lipinski definition) is 1. The summed E-state index contributed by atoms with van der Waals surface area (Å²) in [6.45, 7) is 0. The molecule has 0 fully saturated rings. The summed E-state index contributed by atoms with van der Waals surface area (Å²) in [6, 6.07) is 24.2. The summed E-state index contributed by atoms with van der Waals surface area (Å²) in [6.07, 6.45) is 1.78. The van der Waals surface area contributed by atoms with Gasteiger partial charge in [0.1, 0.15) is 5.70 Å². The number of nitrogens with one attached hydrogen (secondary N) is 1. The van der Waals surface area contributed by atoms with E-state index in [4.69, 9.17) is 4.84 Å². The van der Waals surface area contributed by atoms with Gasteiger partial charge in [0.2, 0.25) is 0 Å². The molecule has 0 amide bonds. The van der Waals surface area contributed by atoms with E-state index in [9.17, 15) is 0 Å². The predicted molar refractivity (Wildman–Crippen MR) is 86.8 cm³/mol. The Morgan fingerprint density at radius 3 is 2.36 bits per heavy atom. The first-order chi connectivity index (χ1) is 10.9. The molecule has 0 aliphatic carbocycles. The summed E-state index contributed by atoms with van der Waals surface area (Å²) in [5, 5.41) is 0. The van der Waals surface area contributed by atoms with E-state index >= 15 is 0 Å². The molecule has 3 aromatic rings. The van der Waals surface area contributed by atoms with Crippen molar-refractivity contribution in [2.75, 3.05) is 0 Å². The zero-order chi connectivity index (χ0) is 14.8. The quantitative estimate of drug-likeness (QED) is 0.776. The second-order valence-corrected chi connectivity index (χ2v) is 5.03. The van der Waals surface area contributed by atoms with Crippen molar-refractivity contribution in [1.29, 1.82) is 0 Å². The fraction of sp³-hybridized carbons (Fsp3) is 0. The molecule has 1 aliphatic heterocycles. The van der Waals surface area contributed by atoms with Gasteiger partial charge in [-0.25, -0.2) is 5.48 Å². The van der Waals surface area contributed by atoms with E-state index in [1.807, 2.05) is 54.6 Å².